The van der Waals surface area contributed by atoms with E-state index in [1.165, 1.54) is 12.7 Å². The Morgan fingerprint density at radius 3 is 2.10 bits per heavy atom. The second kappa shape index (κ2) is 8.83. The molecule has 1 aromatic carbocycles. The highest BCUT2D eigenvalue weighted by Crippen LogP contribution is 2.23. The number of esters is 1. The topological polar surface area (TPSA) is 38.3 Å². The Bertz CT molecular complexity index is 414. The summed E-state index contributed by atoms with van der Waals surface area (Å²) in [6.07, 6.45) is 1.78. The van der Waals surface area contributed by atoms with Crippen molar-refractivity contribution >= 4 is 5.97 Å². The Labute approximate surface area is 129 Å². The first-order valence-corrected chi connectivity index (χ1v) is 7.82. The van der Waals surface area contributed by atoms with E-state index in [4.69, 9.17) is 4.74 Å². The molecule has 0 aliphatic heterocycles. The number of nitrogens with one attached hydrogen (secondary N) is 1. The molecule has 0 aromatic heterocycles. The number of ether oxygens (including phenoxy) is 1. The summed E-state index contributed by atoms with van der Waals surface area (Å²) in [6.45, 7) is 8.65. The van der Waals surface area contributed by atoms with Gasteiger partial charge in [0.05, 0.1) is 7.11 Å². The normalized spacial score (nSPS) is 14.2. The summed E-state index contributed by atoms with van der Waals surface area (Å²) in [4.78, 5) is 12.0. The summed E-state index contributed by atoms with van der Waals surface area (Å²) in [5.74, 6) is 0.825. The first kappa shape index (κ1) is 17.7. The molecule has 0 aliphatic rings. The zero-order valence-electron chi connectivity index (χ0n) is 13.9. The van der Waals surface area contributed by atoms with Crippen LogP contribution in [0.15, 0.2) is 30.3 Å². The van der Waals surface area contributed by atoms with Crippen molar-refractivity contribution in [2.45, 2.75) is 52.6 Å². The van der Waals surface area contributed by atoms with Gasteiger partial charge < -0.3 is 4.74 Å². The lowest BCUT2D eigenvalue weighted by Gasteiger charge is -2.27. The Morgan fingerprint density at radius 2 is 1.62 bits per heavy atom. The summed E-state index contributed by atoms with van der Waals surface area (Å²) >= 11 is 0. The Hall–Kier alpha value is -1.35. The van der Waals surface area contributed by atoms with Gasteiger partial charge in [-0.2, -0.15) is 0 Å². The van der Waals surface area contributed by atoms with E-state index in [1.54, 1.807) is 0 Å². The zero-order chi connectivity index (χ0) is 15.8. The van der Waals surface area contributed by atoms with Crippen molar-refractivity contribution in [2.24, 2.45) is 11.8 Å². The fourth-order valence-corrected chi connectivity index (χ4v) is 2.55. The van der Waals surface area contributed by atoms with Crippen LogP contribution in [0.3, 0.4) is 0 Å². The van der Waals surface area contributed by atoms with Crippen LogP contribution < -0.4 is 5.32 Å². The van der Waals surface area contributed by atoms with Gasteiger partial charge in [0.1, 0.15) is 6.04 Å². The van der Waals surface area contributed by atoms with Crippen molar-refractivity contribution in [1.29, 1.82) is 0 Å². The van der Waals surface area contributed by atoms with Crippen LogP contribution in [0.25, 0.3) is 0 Å². The van der Waals surface area contributed by atoms with Gasteiger partial charge in [0.15, 0.2) is 0 Å². The highest BCUT2D eigenvalue weighted by Gasteiger charge is 2.25. The van der Waals surface area contributed by atoms with Crippen molar-refractivity contribution in [2.75, 3.05) is 7.11 Å². The number of carbonyl (C=O) groups excluding carboxylic acids is 1. The van der Waals surface area contributed by atoms with Gasteiger partial charge in [0, 0.05) is 6.04 Å². The standard InChI is InChI=1S/C18H29NO2/c1-13(2)11-16(15-9-7-6-8-10-15)19-17(12-14(3)4)18(20)21-5/h6-10,13-14,16-17,19H,11-12H2,1-5H3. The fraction of sp³-hybridized carbons (Fsp3) is 0.611. The zero-order valence-corrected chi connectivity index (χ0v) is 13.9. The molecule has 1 rings (SSSR count). The summed E-state index contributed by atoms with van der Waals surface area (Å²) < 4.78 is 4.95. The molecule has 0 radical (unpaired) electrons. The van der Waals surface area contributed by atoms with Crippen LogP contribution in [0.1, 0.15) is 52.1 Å². The molecule has 0 saturated carbocycles. The lowest BCUT2D eigenvalue weighted by Crippen LogP contribution is -2.41. The summed E-state index contributed by atoms with van der Waals surface area (Å²) in [6, 6.07) is 10.3. The van der Waals surface area contributed by atoms with Crippen LogP contribution >= 0.6 is 0 Å². The minimum atomic E-state index is -0.251. The molecule has 1 N–H and O–H groups in total. The third-order valence-electron chi connectivity index (χ3n) is 3.50. The summed E-state index contributed by atoms with van der Waals surface area (Å²) in [7, 11) is 1.46. The van der Waals surface area contributed by atoms with E-state index in [-0.39, 0.29) is 18.1 Å². The van der Waals surface area contributed by atoms with Gasteiger partial charge in [0.2, 0.25) is 0 Å². The molecule has 2 atom stereocenters. The lowest BCUT2D eigenvalue weighted by molar-refractivity contribution is -0.143. The van der Waals surface area contributed by atoms with Gasteiger partial charge in [-0.1, -0.05) is 58.0 Å². The van der Waals surface area contributed by atoms with Crippen LogP contribution in [0.4, 0.5) is 0 Å². The van der Waals surface area contributed by atoms with Crippen molar-refractivity contribution in [3.63, 3.8) is 0 Å². The SMILES string of the molecule is COC(=O)C(CC(C)C)NC(CC(C)C)c1ccccc1. The van der Waals surface area contributed by atoms with Crippen molar-refractivity contribution in [1.82, 2.24) is 5.32 Å². The molecule has 0 saturated heterocycles. The van der Waals surface area contributed by atoms with E-state index in [0.29, 0.717) is 11.8 Å². The number of carbonyl (C=O) groups is 1. The van der Waals surface area contributed by atoms with Gasteiger partial charge >= 0.3 is 5.97 Å². The predicted octanol–water partition coefficient (Wildman–Crippen LogP) is 3.95. The van der Waals surface area contributed by atoms with Crippen molar-refractivity contribution in [3.05, 3.63) is 35.9 Å². The van der Waals surface area contributed by atoms with Gasteiger partial charge in [-0.25, -0.2) is 0 Å². The smallest absolute Gasteiger partial charge is 0.322 e. The molecule has 118 valence electrons. The summed E-state index contributed by atoms with van der Waals surface area (Å²) in [5.41, 5.74) is 1.23. The average molecular weight is 291 g/mol. The van der Waals surface area contributed by atoms with E-state index >= 15 is 0 Å². The third kappa shape index (κ3) is 6.30. The maximum Gasteiger partial charge on any atom is 0.322 e. The highest BCUT2D eigenvalue weighted by atomic mass is 16.5. The molecular weight excluding hydrogens is 262 g/mol. The molecular formula is C18H29NO2. The van der Waals surface area contributed by atoms with Crippen LogP contribution in [0, 0.1) is 11.8 Å². The number of benzene rings is 1. The molecule has 0 aliphatic carbocycles. The van der Waals surface area contributed by atoms with E-state index in [1.807, 2.05) is 18.2 Å². The summed E-state index contributed by atoms with van der Waals surface area (Å²) in [5, 5.41) is 3.51. The molecule has 1 aromatic rings. The van der Waals surface area contributed by atoms with Gasteiger partial charge in [-0.05, 0) is 30.2 Å². The van der Waals surface area contributed by atoms with Gasteiger partial charge in [0.25, 0.3) is 0 Å². The van der Waals surface area contributed by atoms with Crippen molar-refractivity contribution in [3.8, 4) is 0 Å². The van der Waals surface area contributed by atoms with Crippen molar-refractivity contribution < 1.29 is 9.53 Å². The quantitative estimate of drug-likeness (QED) is 0.737. The maximum atomic E-state index is 12.0. The van der Waals surface area contributed by atoms with E-state index in [2.05, 4.69) is 45.1 Å². The van der Waals surface area contributed by atoms with E-state index in [9.17, 15) is 4.79 Å². The first-order chi connectivity index (χ1) is 9.93. The highest BCUT2D eigenvalue weighted by molar-refractivity contribution is 5.75. The average Bonchev–Trinajstić information content (AvgIpc) is 2.45. The molecule has 2 unspecified atom stereocenters. The molecule has 21 heavy (non-hydrogen) atoms. The minimum Gasteiger partial charge on any atom is -0.468 e. The molecule has 0 bridgehead atoms. The second-order valence-corrected chi connectivity index (χ2v) is 6.46. The largest absolute Gasteiger partial charge is 0.468 e. The van der Waals surface area contributed by atoms with Gasteiger partial charge in [-0.3, -0.25) is 10.1 Å². The fourth-order valence-electron chi connectivity index (χ4n) is 2.55. The molecule has 0 fully saturated rings. The molecule has 0 heterocycles. The molecule has 0 spiro atoms. The van der Waals surface area contributed by atoms with Crippen LogP contribution in [-0.2, 0) is 9.53 Å². The van der Waals surface area contributed by atoms with Gasteiger partial charge in [-0.15, -0.1) is 0 Å². The lowest BCUT2D eigenvalue weighted by atomic mass is 9.94. The number of hydrogen-bond donors (Lipinski definition) is 1. The minimum absolute atomic E-state index is 0.173. The Balaban J connectivity index is 2.89. The van der Waals surface area contributed by atoms with Crippen LogP contribution in [0.2, 0.25) is 0 Å². The van der Waals surface area contributed by atoms with Crippen LogP contribution in [0.5, 0.6) is 0 Å². The maximum absolute atomic E-state index is 12.0. The Morgan fingerprint density at radius 1 is 1.05 bits per heavy atom. The third-order valence-corrected chi connectivity index (χ3v) is 3.50. The van der Waals surface area contributed by atoms with E-state index in [0.717, 1.165) is 12.8 Å². The molecule has 3 nitrogen and oxygen atoms in total. The monoisotopic (exact) mass is 291 g/mol. The second-order valence-electron chi connectivity index (χ2n) is 6.46. The Kier molecular flexibility index (Phi) is 7.44. The number of methoxy groups -OCH3 is 1. The van der Waals surface area contributed by atoms with E-state index < -0.39 is 0 Å². The number of hydrogen-bond acceptors (Lipinski definition) is 3. The van der Waals surface area contributed by atoms with Crippen LogP contribution in [-0.4, -0.2) is 19.1 Å². The number of rotatable bonds is 8. The molecule has 0 amide bonds. The molecule has 3 heteroatoms. The first-order valence-electron chi connectivity index (χ1n) is 7.82. The predicted molar refractivity (Wildman–Crippen MR) is 87.0 cm³/mol.